The molecule has 2 aromatic carbocycles. The van der Waals surface area contributed by atoms with Gasteiger partial charge in [0.15, 0.2) is 0 Å². The van der Waals surface area contributed by atoms with Gasteiger partial charge in [-0.3, -0.25) is 0 Å². The van der Waals surface area contributed by atoms with Gasteiger partial charge in [-0.2, -0.15) is 0 Å². The third-order valence-corrected chi connectivity index (χ3v) is 3.79. The summed E-state index contributed by atoms with van der Waals surface area (Å²) in [5, 5.41) is 0.532. The molecule has 0 aliphatic carbocycles. The van der Waals surface area contributed by atoms with Crippen molar-refractivity contribution < 1.29 is 28.2 Å². The molecule has 6 heteroatoms. The Morgan fingerprint density at radius 1 is 1.08 bits per heavy atom. The van der Waals surface area contributed by atoms with E-state index in [9.17, 15) is 9.59 Å². The van der Waals surface area contributed by atoms with Gasteiger partial charge in [-0.15, -0.1) is 0 Å². The first-order valence-electron chi connectivity index (χ1n) is 8.02. The Morgan fingerprint density at radius 2 is 1.85 bits per heavy atom. The van der Waals surface area contributed by atoms with Gasteiger partial charge in [0.05, 0.1) is 13.7 Å². The van der Waals surface area contributed by atoms with Crippen LogP contribution in [0.4, 0.5) is 0 Å². The third kappa shape index (κ3) is 3.92. The number of benzene rings is 2. The second kappa shape index (κ2) is 7.84. The van der Waals surface area contributed by atoms with Crippen LogP contribution in [0.2, 0.25) is 0 Å². The minimum absolute atomic E-state index is 0.179. The van der Waals surface area contributed by atoms with Crippen LogP contribution in [0.15, 0.2) is 52.9 Å². The van der Waals surface area contributed by atoms with E-state index in [4.69, 9.17) is 18.6 Å². The van der Waals surface area contributed by atoms with Crippen molar-refractivity contribution in [3.63, 3.8) is 0 Å². The molecule has 0 aliphatic rings. The zero-order valence-corrected chi connectivity index (χ0v) is 14.5. The molecule has 0 saturated carbocycles. The number of rotatable bonds is 6. The van der Waals surface area contributed by atoms with Crippen LogP contribution in [0.1, 0.15) is 21.7 Å². The Labute approximate surface area is 150 Å². The molecule has 0 aliphatic heterocycles. The Hall–Kier alpha value is -3.12. The van der Waals surface area contributed by atoms with Crippen molar-refractivity contribution in [2.24, 2.45) is 0 Å². The molecule has 0 N–H and O–H groups in total. The Morgan fingerprint density at radius 3 is 2.58 bits per heavy atom. The second-order valence-corrected chi connectivity index (χ2v) is 5.64. The van der Waals surface area contributed by atoms with Crippen molar-refractivity contribution in [3.05, 3.63) is 65.4 Å². The molecule has 134 valence electrons. The van der Waals surface area contributed by atoms with Crippen LogP contribution in [0.25, 0.3) is 11.0 Å². The fourth-order valence-corrected chi connectivity index (χ4v) is 2.61. The summed E-state index contributed by atoms with van der Waals surface area (Å²) in [6.45, 7) is 1.82. The molecule has 0 unspecified atom stereocenters. The van der Waals surface area contributed by atoms with Crippen molar-refractivity contribution in [2.45, 2.75) is 13.5 Å². The van der Waals surface area contributed by atoms with Crippen LogP contribution in [0.3, 0.4) is 0 Å². The van der Waals surface area contributed by atoms with E-state index < -0.39 is 11.9 Å². The van der Waals surface area contributed by atoms with Crippen molar-refractivity contribution in [1.29, 1.82) is 0 Å². The van der Waals surface area contributed by atoms with Crippen LogP contribution in [0, 0.1) is 6.92 Å². The maximum absolute atomic E-state index is 12.0. The molecule has 3 rings (SSSR count). The molecule has 0 amide bonds. The summed E-state index contributed by atoms with van der Waals surface area (Å²) < 4.78 is 20.9. The fraction of sp³-hybridized carbons (Fsp3) is 0.200. The SMILES string of the molecule is COC(=O)c1c(C)oc2ccc(OC(=O)COCc3ccccc3)cc12. The van der Waals surface area contributed by atoms with Crippen LogP contribution in [-0.4, -0.2) is 25.7 Å². The highest BCUT2D eigenvalue weighted by molar-refractivity contribution is 6.04. The first-order valence-corrected chi connectivity index (χ1v) is 8.02. The van der Waals surface area contributed by atoms with Gasteiger partial charge >= 0.3 is 11.9 Å². The lowest BCUT2D eigenvalue weighted by Crippen LogP contribution is -2.15. The van der Waals surface area contributed by atoms with Crippen LogP contribution in [-0.2, 0) is 20.9 Å². The number of methoxy groups -OCH3 is 1. The normalized spacial score (nSPS) is 10.7. The highest BCUT2D eigenvalue weighted by atomic mass is 16.6. The van der Waals surface area contributed by atoms with Gasteiger partial charge in [-0.25, -0.2) is 9.59 Å². The molecule has 3 aromatic rings. The maximum Gasteiger partial charge on any atom is 0.342 e. The Balaban J connectivity index is 1.66. The van der Waals surface area contributed by atoms with E-state index in [-0.39, 0.29) is 6.61 Å². The zero-order chi connectivity index (χ0) is 18.5. The van der Waals surface area contributed by atoms with E-state index in [0.717, 1.165) is 5.56 Å². The topological polar surface area (TPSA) is 75.0 Å². The van der Waals surface area contributed by atoms with Crippen LogP contribution < -0.4 is 4.74 Å². The minimum atomic E-state index is -0.528. The van der Waals surface area contributed by atoms with Gasteiger partial charge in [0.25, 0.3) is 0 Å². The molecule has 0 fully saturated rings. The van der Waals surface area contributed by atoms with Gasteiger partial charge < -0.3 is 18.6 Å². The number of carbonyl (C=O) groups excluding carboxylic acids is 2. The number of hydrogen-bond donors (Lipinski definition) is 0. The van der Waals surface area contributed by atoms with E-state index in [0.29, 0.717) is 34.6 Å². The largest absolute Gasteiger partial charge is 0.465 e. The third-order valence-electron chi connectivity index (χ3n) is 3.79. The van der Waals surface area contributed by atoms with Gasteiger partial charge in [0.2, 0.25) is 0 Å². The number of ether oxygens (including phenoxy) is 3. The van der Waals surface area contributed by atoms with Crippen LogP contribution in [0.5, 0.6) is 5.75 Å². The molecule has 1 heterocycles. The highest BCUT2D eigenvalue weighted by Gasteiger charge is 2.19. The van der Waals surface area contributed by atoms with Crippen molar-refractivity contribution in [3.8, 4) is 5.75 Å². The summed E-state index contributed by atoms with van der Waals surface area (Å²) in [5.74, 6) is -0.283. The Bertz CT molecular complexity index is 926. The number of carbonyl (C=O) groups is 2. The van der Waals surface area contributed by atoms with Crippen molar-refractivity contribution >= 4 is 22.9 Å². The first kappa shape index (κ1) is 17.7. The fourth-order valence-electron chi connectivity index (χ4n) is 2.61. The average Bonchev–Trinajstić information content (AvgIpc) is 2.97. The molecule has 0 atom stereocenters. The predicted molar refractivity (Wildman–Crippen MR) is 94.0 cm³/mol. The van der Waals surface area contributed by atoms with Crippen LogP contribution >= 0.6 is 0 Å². The zero-order valence-electron chi connectivity index (χ0n) is 14.5. The van der Waals surface area contributed by atoms with E-state index >= 15 is 0 Å². The lowest BCUT2D eigenvalue weighted by molar-refractivity contribution is -0.139. The number of esters is 2. The van der Waals surface area contributed by atoms with Crippen molar-refractivity contribution in [2.75, 3.05) is 13.7 Å². The van der Waals surface area contributed by atoms with Gasteiger partial charge in [-0.05, 0) is 30.7 Å². The molecular formula is C20H18O6. The standard InChI is InChI=1S/C20H18O6/c1-13-19(20(22)23-2)16-10-15(8-9-17(16)25-13)26-18(21)12-24-11-14-6-4-3-5-7-14/h3-10H,11-12H2,1-2H3. The smallest absolute Gasteiger partial charge is 0.342 e. The molecule has 6 nitrogen and oxygen atoms in total. The number of aryl methyl sites for hydroxylation is 1. The van der Waals surface area contributed by atoms with E-state index in [1.54, 1.807) is 25.1 Å². The van der Waals surface area contributed by atoms with Crippen molar-refractivity contribution in [1.82, 2.24) is 0 Å². The summed E-state index contributed by atoms with van der Waals surface area (Å²) in [4.78, 5) is 23.9. The summed E-state index contributed by atoms with van der Waals surface area (Å²) in [7, 11) is 1.30. The molecule has 0 bridgehead atoms. The van der Waals surface area contributed by atoms with Gasteiger partial charge in [0.1, 0.15) is 29.3 Å². The summed E-state index contributed by atoms with van der Waals surface area (Å²) in [6.07, 6.45) is 0. The maximum atomic E-state index is 12.0. The van der Waals surface area contributed by atoms with E-state index in [1.807, 2.05) is 30.3 Å². The second-order valence-electron chi connectivity index (χ2n) is 5.64. The van der Waals surface area contributed by atoms with Gasteiger partial charge in [0, 0.05) is 5.39 Å². The highest BCUT2D eigenvalue weighted by Crippen LogP contribution is 2.29. The monoisotopic (exact) mass is 354 g/mol. The first-order chi connectivity index (χ1) is 12.6. The molecule has 0 saturated heterocycles. The molecular weight excluding hydrogens is 336 g/mol. The average molecular weight is 354 g/mol. The predicted octanol–water partition coefficient (Wildman–Crippen LogP) is 3.65. The number of hydrogen-bond acceptors (Lipinski definition) is 6. The molecule has 0 spiro atoms. The quantitative estimate of drug-likeness (QED) is 0.497. The molecule has 26 heavy (non-hydrogen) atoms. The lowest BCUT2D eigenvalue weighted by Gasteiger charge is -2.06. The number of furan rings is 1. The molecule has 1 aromatic heterocycles. The minimum Gasteiger partial charge on any atom is -0.465 e. The summed E-state index contributed by atoms with van der Waals surface area (Å²) in [5.41, 5.74) is 1.81. The lowest BCUT2D eigenvalue weighted by atomic mass is 10.1. The summed E-state index contributed by atoms with van der Waals surface area (Å²) in [6, 6.07) is 14.4. The number of fused-ring (bicyclic) bond motifs is 1. The molecule has 0 radical (unpaired) electrons. The van der Waals surface area contributed by atoms with E-state index in [1.165, 1.54) is 7.11 Å². The Kier molecular flexibility index (Phi) is 5.34. The van der Waals surface area contributed by atoms with E-state index in [2.05, 4.69) is 0 Å². The van der Waals surface area contributed by atoms with Gasteiger partial charge in [-0.1, -0.05) is 30.3 Å². The summed E-state index contributed by atoms with van der Waals surface area (Å²) >= 11 is 0.